The topological polar surface area (TPSA) is 78.6 Å². The lowest BCUT2D eigenvalue weighted by atomic mass is 10.2. The predicted octanol–water partition coefficient (Wildman–Crippen LogP) is 2.05. The quantitative estimate of drug-likeness (QED) is 0.800. The number of carbonyl (C=O) groups excluding carboxylic acids is 2. The number of hydrogen-bond acceptors (Lipinski definition) is 6. The van der Waals surface area contributed by atoms with E-state index in [2.05, 4.69) is 14.5 Å². The van der Waals surface area contributed by atoms with Gasteiger partial charge in [0.25, 0.3) is 0 Å². The number of nitrogens with zero attached hydrogens (tertiary/aromatic N) is 1. The van der Waals surface area contributed by atoms with Crippen LogP contribution in [-0.2, 0) is 9.47 Å². The van der Waals surface area contributed by atoms with Crippen molar-refractivity contribution in [2.45, 2.75) is 0 Å². The van der Waals surface area contributed by atoms with Crippen LogP contribution in [0.5, 0.6) is 0 Å². The van der Waals surface area contributed by atoms with Crippen molar-refractivity contribution in [3.05, 3.63) is 41.5 Å². The first-order valence-corrected chi connectivity index (χ1v) is 5.50. The third-order valence-corrected chi connectivity index (χ3v) is 2.48. The Morgan fingerprint density at radius 1 is 1.15 bits per heavy atom. The van der Waals surface area contributed by atoms with E-state index in [9.17, 15) is 14.0 Å². The molecule has 6 nitrogen and oxygen atoms in total. The Morgan fingerprint density at radius 3 is 2.40 bits per heavy atom. The predicted molar refractivity (Wildman–Crippen MR) is 64.6 cm³/mol. The van der Waals surface area contributed by atoms with E-state index >= 15 is 0 Å². The molecule has 0 aliphatic heterocycles. The fourth-order valence-electron chi connectivity index (χ4n) is 1.54. The molecule has 0 radical (unpaired) electrons. The van der Waals surface area contributed by atoms with Crippen molar-refractivity contribution in [3.63, 3.8) is 0 Å². The molecule has 0 unspecified atom stereocenters. The summed E-state index contributed by atoms with van der Waals surface area (Å²) in [6, 6.07) is 5.67. The highest BCUT2D eigenvalue weighted by molar-refractivity contribution is 6.00. The van der Waals surface area contributed by atoms with Gasteiger partial charge < -0.3 is 13.9 Å². The van der Waals surface area contributed by atoms with Gasteiger partial charge in [-0.1, -0.05) is 12.1 Å². The number of rotatable bonds is 3. The van der Waals surface area contributed by atoms with Gasteiger partial charge in [0.2, 0.25) is 17.3 Å². The maximum Gasteiger partial charge on any atom is 0.376 e. The molecule has 0 aliphatic carbocycles. The number of ether oxygens (including phenoxy) is 2. The van der Waals surface area contributed by atoms with E-state index < -0.39 is 23.5 Å². The third kappa shape index (κ3) is 2.37. The monoisotopic (exact) mass is 279 g/mol. The molecule has 0 saturated carbocycles. The van der Waals surface area contributed by atoms with E-state index in [1.165, 1.54) is 18.2 Å². The zero-order valence-electron chi connectivity index (χ0n) is 10.7. The van der Waals surface area contributed by atoms with Crippen molar-refractivity contribution in [2.75, 3.05) is 14.2 Å². The van der Waals surface area contributed by atoms with Crippen molar-refractivity contribution >= 4 is 11.9 Å². The number of carbonyl (C=O) groups is 2. The van der Waals surface area contributed by atoms with E-state index in [-0.39, 0.29) is 17.1 Å². The van der Waals surface area contributed by atoms with Gasteiger partial charge >= 0.3 is 11.9 Å². The third-order valence-electron chi connectivity index (χ3n) is 2.48. The number of hydrogen-bond donors (Lipinski definition) is 0. The standard InChI is InChI=1S/C13H10FNO5/c1-18-12(16)9-10(13(17)19-2)20-11(15-9)7-5-3-4-6-8(7)14/h3-6H,1-2H3. The van der Waals surface area contributed by atoms with Crippen LogP contribution in [0.4, 0.5) is 4.39 Å². The zero-order valence-corrected chi connectivity index (χ0v) is 10.7. The van der Waals surface area contributed by atoms with Gasteiger partial charge in [0.15, 0.2) is 0 Å². The average Bonchev–Trinajstić information content (AvgIpc) is 2.91. The maximum absolute atomic E-state index is 13.6. The van der Waals surface area contributed by atoms with Gasteiger partial charge in [-0.2, -0.15) is 0 Å². The van der Waals surface area contributed by atoms with E-state index in [1.807, 2.05) is 0 Å². The van der Waals surface area contributed by atoms with Crippen LogP contribution < -0.4 is 0 Å². The first-order valence-electron chi connectivity index (χ1n) is 5.50. The number of aromatic nitrogens is 1. The number of esters is 2. The molecule has 0 fully saturated rings. The Labute approximate surface area is 113 Å². The molecule has 0 amide bonds. The molecule has 104 valence electrons. The lowest BCUT2D eigenvalue weighted by Crippen LogP contribution is -2.10. The second kappa shape index (κ2) is 5.52. The van der Waals surface area contributed by atoms with Crippen LogP contribution in [0.1, 0.15) is 21.0 Å². The Morgan fingerprint density at radius 2 is 1.80 bits per heavy atom. The summed E-state index contributed by atoms with van der Waals surface area (Å²) in [5, 5.41) is 0. The van der Waals surface area contributed by atoms with Gasteiger partial charge in [-0.25, -0.2) is 19.0 Å². The Kier molecular flexibility index (Phi) is 3.79. The highest BCUT2D eigenvalue weighted by atomic mass is 19.1. The summed E-state index contributed by atoms with van der Waals surface area (Å²) >= 11 is 0. The lowest BCUT2D eigenvalue weighted by Gasteiger charge is -1.97. The molecule has 2 aromatic rings. The van der Waals surface area contributed by atoms with E-state index in [0.29, 0.717) is 0 Å². The minimum absolute atomic E-state index is 0.0211. The van der Waals surface area contributed by atoms with Gasteiger partial charge in [-0.05, 0) is 12.1 Å². The van der Waals surface area contributed by atoms with Crippen molar-refractivity contribution in [2.24, 2.45) is 0 Å². The molecular formula is C13H10FNO5. The molecule has 2 rings (SSSR count). The summed E-state index contributed by atoms with van der Waals surface area (Å²) in [5.74, 6) is -3.01. The molecule has 7 heteroatoms. The van der Waals surface area contributed by atoms with Gasteiger partial charge in [0.1, 0.15) is 5.82 Å². The first kappa shape index (κ1) is 13.7. The molecule has 0 spiro atoms. The van der Waals surface area contributed by atoms with Gasteiger partial charge in [-0.15, -0.1) is 0 Å². The SMILES string of the molecule is COC(=O)c1nc(-c2ccccc2F)oc1C(=O)OC. The molecule has 1 aromatic carbocycles. The van der Waals surface area contributed by atoms with Gasteiger partial charge in [0, 0.05) is 0 Å². The first-order chi connectivity index (χ1) is 9.58. The molecular weight excluding hydrogens is 269 g/mol. The number of halogens is 1. The normalized spacial score (nSPS) is 10.2. The second-order valence-corrected chi connectivity index (χ2v) is 3.66. The molecule has 0 N–H and O–H groups in total. The molecule has 0 bridgehead atoms. The van der Waals surface area contributed by atoms with Crippen LogP contribution in [0, 0.1) is 5.82 Å². The fraction of sp³-hybridized carbons (Fsp3) is 0.154. The molecule has 1 aromatic heterocycles. The van der Waals surface area contributed by atoms with Crippen molar-refractivity contribution < 1.29 is 27.9 Å². The Bertz CT molecular complexity index is 631. The summed E-state index contributed by atoms with van der Waals surface area (Å²) in [7, 11) is 2.25. The molecule has 0 saturated heterocycles. The highest BCUT2D eigenvalue weighted by Gasteiger charge is 2.28. The largest absolute Gasteiger partial charge is 0.464 e. The second-order valence-electron chi connectivity index (χ2n) is 3.66. The van der Waals surface area contributed by atoms with E-state index in [4.69, 9.17) is 4.42 Å². The maximum atomic E-state index is 13.6. The summed E-state index contributed by atoms with van der Waals surface area (Å²) in [5.41, 5.74) is -0.342. The van der Waals surface area contributed by atoms with Gasteiger partial charge in [0.05, 0.1) is 19.8 Å². The highest BCUT2D eigenvalue weighted by Crippen LogP contribution is 2.25. The molecule has 0 aliphatic rings. The minimum Gasteiger partial charge on any atom is -0.464 e. The van der Waals surface area contributed by atoms with Crippen molar-refractivity contribution in [1.29, 1.82) is 0 Å². The molecule has 20 heavy (non-hydrogen) atoms. The van der Waals surface area contributed by atoms with E-state index in [1.54, 1.807) is 6.07 Å². The van der Waals surface area contributed by atoms with Crippen LogP contribution >= 0.6 is 0 Å². The van der Waals surface area contributed by atoms with E-state index in [0.717, 1.165) is 14.2 Å². The number of benzene rings is 1. The minimum atomic E-state index is -0.902. The lowest BCUT2D eigenvalue weighted by molar-refractivity contribution is 0.0527. The van der Waals surface area contributed by atoms with Crippen LogP contribution in [0.25, 0.3) is 11.5 Å². The fourth-order valence-corrected chi connectivity index (χ4v) is 1.54. The van der Waals surface area contributed by atoms with Crippen LogP contribution in [0.3, 0.4) is 0 Å². The summed E-state index contributed by atoms with van der Waals surface area (Å²) in [6.45, 7) is 0. The molecule has 0 atom stereocenters. The van der Waals surface area contributed by atoms with Crippen molar-refractivity contribution in [1.82, 2.24) is 4.98 Å². The number of methoxy groups -OCH3 is 2. The average molecular weight is 279 g/mol. The van der Waals surface area contributed by atoms with Crippen LogP contribution in [0.2, 0.25) is 0 Å². The number of oxazole rings is 1. The van der Waals surface area contributed by atoms with Gasteiger partial charge in [-0.3, -0.25) is 0 Å². The zero-order chi connectivity index (χ0) is 14.7. The summed E-state index contributed by atoms with van der Waals surface area (Å²) in [4.78, 5) is 26.9. The van der Waals surface area contributed by atoms with Crippen LogP contribution in [0.15, 0.2) is 28.7 Å². The van der Waals surface area contributed by atoms with Crippen molar-refractivity contribution in [3.8, 4) is 11.5 Å². The van der Waals surface area contributed by atoms with Crippen LogP contribution in [-0.4, -0.2) is 31.1 Å². The molecule has 1 heterocycles. The summed E-state index contributed by atoms with van der Waals surface area (Å²) < 4.78 is 27.7. The Hall–Kier alpha value is -2.70. The Balaban J connectivity index is 2.57. The smallest absolute Gasteiger partial charge is 0.376 e. The summed E-state index contributed by atoms with van der Waals surface area (Å²) in [6.07, 6.45) is 0.